The first-order chi connectivity index (χ1) is 18.3. The topological polar surface area (TPSA) is 88.5 Å². The zero-order valence-electron chi connectivity index (χ0n) is 21.9. The molecule has 0 spiro atoms. The zero-order valence-corrected chi connectivity index (χ0v) is 22.7. The van der Waals surface area contributed by atoms with E-state index in [1.165, 1.54) is 16.9 Å². The van der Waals surface area contributed by atoms with E-state index in [-0.39, 0.29) is 12.5 Å². The van der Waals surface area contributed by atoms with Crippen molar-refractivity contribution < 1.29 is 19.4 Å². The molecule has 38 heavy (non-hydrogen) atoms. The number of aryl methyl sites for hydroxylation is 2. The molecule has 0 saturated heterocycles. The summed E-state index contributed by atoms with van der Waals surface area (Å²) in [6.07, 6.45) is 2.13. The predicted octanol–water partition coefficient (Wildman–Crippen LogP) is 6.91. The summed E-state index contributed by atoms with van der Waals surface area (Å²) >= 11 is 1.50. The average Bonchev–Trinajstić information content (AvgIpc) is 3.32. The summed E-state index contributed by atoms with van der Waals surface area (Å²) < 4.78 is 5.55. The lowest BCUT2D eigenvalue weighted by molar-refractivity contribution is -0.132. The lowest BCUT2D eigenvalue weighted by Gasteiger charge is -2.12. The van der Waals surface area contributed by atoms with Crippen LogP contribution in [0.1, 0.15) is 45.4 Å². The molecule has 7 heteroatoms. The number of methoxy groups -OCH3 is 1. The number of amides is 1. The van der Waals surface area contributed by atoms with Crippen LogP contribution in [-0.2, 0) is 11.3 Å². The van der Waals surface area contributed by atoms with Gasteiger partial charge in [-0.25, -0.2) is 9.78 Å². The molecular weight excluding hydrogens is 496 g/mol. The van der Waals surface area contributed by atoms with Crippen LogP contribution >= 0.6 is 11.3 Å². The largest absolute Gasteiger partial charge is 0.496 e. The molecule has 1 heterocycles. The van der Waals surface area contributed by atoms with Crippen molar-refractivity contribution in [2.45, 2.75) is 33.7 Å². The Bertz CT molecular complexity index is 1500. The standard InChI is InChI=1S/C31H30N2O4S/c1-5-22(31(35)36)15-21-7-6-8-24(16-21)25-13-14-27(37-4)26(17-25)18-32-29(34)28-20(3)38-30(33-28)23-11-9-19(2)10-12-23/h6-17H,5,18H2,1-4H3,(H,32,34)(H,35,36)/b22-15+. The highest BCUT2D eigenvalue weighted by molar-refractivity contribution is 7.15. The van der Waals surface area contributed by atoms with Crippen LogP contribution in [0.15, 0.2) is 72.3 Å². The third kappa shape index (κ3) is 6.18. The lowest BCUT2D eigenvalue weighted by Crippen LogP contribution is -2.24. The van der Waals surface area contributed by atoms with E-state index >= 15 is 0 Å². The molecule has 0 aliphatic heterocycles. The molecule has 0 fully saturated rings. The van der Waals surface area contributed by atoms with Crippen LogP contribution in [0.5, 0.6) is 5.75 Å². The summed E-state index contributed by atoms with van der Waals surface area (Å²) in [7, 11) is 1.60. The number of aliphatic carboxylic acids is 1. The fraction of sp³-hybridized carbons (Fsp3) is 0.194. The van der Waals surface area contributed by atoms with Crippen molar-refractivity contribution in [1.82, 2.24) is 10.3 Å². The minimum absolute atomic E-state index is 0.238. The van der Waals surface area contributed by atoms with Gasteiger partial charge in [-0.05, 0) is 61.2 Å². The number of hydrogen-bond acceptors (Lipinski definition) is 5. The van der Waals surface area contributed by atoms with E-state index in [0.29, 0.717) is 23.4 Å². The number of benzene rings is 3. The number of ether oxygens (including phenoxy) is 1. The molecule has 0 saturated carbocycles. The SMILES string of the molecule is CC/C(=C\c1cccc(-c2ccc(OC)c(CNC(=O)c3nc(-c4ccc(C)cc4)sc3C)c2)c1)C(=O)O. The van der Waals surface area contributed by atoms with Gasteiger partial charge in [-0.1, -0.05) is 61.0 Å². The second-order valence-corrected chi connectivity index (χ2v) is 10.2. The average molecular weight is 527 g/mol. The lowest BCUT2D eigenvalue weighted by atomic mass is 9.99. The second-order valence-electron chi connectivity index (χ2n) is 8.95. The Labute approximate surface area is 226 Å². The van der Waals surface area contributed by atoms with Gasteiger partial charge in [0.2, 0.25) is 0 Å². The summed E-state index contributed by atoms with van der Waals surface area (Å²) in [4.78, 5) is 29.9. The first kappa shape index (κ1) is 26.8. The molecule has 0 unspecified atom stereocenters. The number of carbonyl (C=O) groups is 2. The second kappa shape index (κ2) is 11.9. The number of nitrogens with one attached hydrogen (secondary N) is 1. The number of rotatable bonds is 9. The minimum Gasteiger partial charge on any atom is -0.496 e. The maximum atomic E-state index is 13.1. The first-order valence-corrected chi connectivity index (χ1v) is 13.1. The number of carbonyl (C=O) groups excluding carboxylic acids is 1. The Kier molecular flexibility index (Phi) is 8.38. The summed E-state index contributed by atoms with van der Waals surface area (Å²) in [6.45, 7) is 6.03. The Morgan fingerprint density at radius 2 is 1.71 bits per heavy atom. The van der Waals surface area contributed by atoms with Crippen LogP contribution in [0.25, 0.3) is 27.8 Å². The summed E-state index contributed by atoms with van der Waals surface area (Å²) in [5, 5.41) is 13.2. The Balaban J connectivity index is 1.55. The van der Waals surface area contributed by atoms with Crippen LogP contribution < -0.4 is 10.1 Å². The maximum absolute atomic E-state index is 13.1. The third-order valence-electron chi connectivity index (χ3n) is 6.25. The number of hydrogen-bond donors (Lipinski definition) is 2. The number of carboxylic acid groups (broad SMARTS) is 1. The molecule has 4 aromatic rings. The summed E-state index contributed by atoms with van der Waals surface area (Å²) in [6, 6.07) is 21.6. The van der Waals surface area contributed by atoms with Crippen LogP contribution in [0, 0.1) is 13.8 Å². The Morgan fingerprint density at radius 3 is 2.39 bits per heavy atom. The van der Waals surface area contributed by atoms with E-state index < -0.39 is 5.97 Å². The number of thiazole rings is 1. The highest BCUT2D eigenvalue weighted by Crippen LogP contribution is 2.30. The van der Waals surface area contributed by atoms with Crippen molar-refractivity contribution in [3.05, 3.63) is 99.6 Å². The zero-order chi connectivity index (χ0) is 27.2. The fourth-order valence-electron chi connectivity index (χ4n) is 4.11. The quantitative estimate of drug-likeness (QED) is 0.231. The van der Waals surface area contributed by atoms with Gasteiger partial charge < -0.3 is 15.2 Å². The fourth-order valence-corrected chi connectivity index (χ4v) is 5.02. The van der Waals surface area contributed by atoms with Crippen LogP contribution in [0.2, 0.25) is 0 Å². The number of nitrogens with zero attached hydrogens (tertiary/aromatic N) is 1. The first-order valence-electron chi connectivity index (χ1n) is 12.3. The number of carboxylic acids is 1. The van der Waals surface area contributed by atoms with E-state index in [2.05, 4.69) is 10.3 Å². The van der Waals surface area contributed by atoms with Crippen molar-refractivity contribution in [3.8, 4) is 27.4 Å². The van der Waals surface area contributed by atoms with Gasteiger partial charge in [-0.2, -0.15) is 0 Å². The minimum atomic E-state index is -0.915. The molecule has 0 aliphatic rings. The van der Waals surface area contributed by atoms with E-state index in [9.17, 15) is 14.7 Å². The molecule has 194 valence electrons. The molecular formula is C31H30N2O4S. The smallest absolute Gasteiger partial charge is 0.331 e. The molecule has 3 aromatic carbocycles. The van der Waals surface area contributed by atoms with Gasteiger partial charge >= 0.3 is 5.97 Å². The Morgan fingerprint density at radius 1 is 1.00 bits per heavy atom. The van der Waals surface area contributed by atoms with Gasteiger partial charge in [0.15, 0.2) is 0 Å². The third-order valence-corrected chi connectivity index (χ3v) is 7.27. The molecule has 0 bridgehead atoms. The van der Waals surface area contributed by atoms with Crippen molar-refractivity contribution in [2.24, 2.45) is 0 Å². The summed E-state index contributed by atoms with van der Waals surface area (Å²) in [5.74, 6) is -0.487. The summed E-state index contributed by atoms with van der Waals surface area (Å²) in [5.41, 5.74) is 6.45. The van der Waals surface area contributed by atoms with Crippen molar-refractivity contribution in [3.63, 3.8) is 0 Å². The molecule has 1 amide bonds. The van der Waals surface area contributed by atoms with E-state index in [4.69, 9.17) is 4.74 Å². The molecule has 4 rings (SSSR count). The van der Waals surface area contributed by atoms with Crippen molar-refractivity contribution >= 4 is 29.3 Å². The highest BCUT2D eigenvalue weighted by atomic mass is 32.1. The van der Waals surface area contributed by atoms with Crippen LogP contribution in [0.3, 0.4) is 0 Å². The van der Waals surface area contributed by atoms with Gasteiger partial charge in [0.1, 0.15) is 16.5 Å². The van der Waals surface area contributed by atoms with Gasteiger partial charge in [0.05, 0.1) is 7.11 Å². The molecule has 2 N–H and O–H groups in total. The monoisotopic (exact) mass is 526 g/mol. The van der Waals surface area contributed by atoms with E-state index in [1.807, 2.05) is 87.5 Å². The highest BCUT2D eigenvalue weighted by Gasteiger charge is 2.17. The molecule has 0 radical (unpaired) electrons. The van der Waals surface area contributed by atoms with E-state index in [0.717, 1.165) is 37.7 Å². The van der Waals surface area contributed by atoms with Gasteiger partial charge in [-0.15, -0.1) is 11.3 Å². The molecule has 6 nitrogen and oxygen atoms in total. The van der Waals surface area contributed by atoms with Gasteiger partial charge in [-0.3, -0.25) is 4.79 Å². The molecule has 0 atom stereocenters. The Hall–Kier alpha value is -4.23. The van der Waals surface area contributed by atoms with Crippen molar-refractivity contribution in [1.29, 1.82) is 0 Å². The van der Waals surface area contributed by atoms with Crippen LogP contribution in [0.4, 0.5) is 0 Å². The molecule has 1 aromatic heterocycles. The number of aromatic nitrogens is 1. The maximum Gasteiger partial charge on any atom is 0.331 e. The van der Waals surface area contributed by atoms with Gasteiger partial charge in [0.25, 0.3) is 5.91 Å². The normalized spacial score (nSPS) is 11.3. The van der Waals surface area contributed by atoms with Gasteiger partial charge in [0, 0.05) is 28.1 Å². The van der Waals surface area contributed by atoms with Crippen LogP contribution in [-0.4, -0.2) is 29.1 Å². The van der Waals surface area contributed by atoms with E-state index in [1.54, 1.807) is 13.2 Å². The van der Waals surface area contributed by atoms with Crippen molar-refractivity contribution in [2.75, 3.05) is 7.11 Å². The predicted molar refractivity (Wildman–Crippen MR) is 153 cm³/mol. The molecule has 0 aliphatic carbocycles.